The molecule has 4 saturated carbocycles. The Labute approximate surface area is 153 Å². The molecule has 2 aromatic rings. The van der Waals surface area contributed by atoms with Gasteiger partial charge in [-0.25, -0.2) is 5.43 Å². The lowest BCUT2D eigenvalue weighted by Gasteiger charge is -2.55. The van der Waals surface area contributed by atoms with Crippen molar-refractivity contribution in [3.05, 3.63) is 42.0 Å². The summed E-state index contributed by atoms with van der Waals surface area (Å²) in [5.41, 5.74) is 3.25. The molecule has 0 heterocycles. The number of rotatable bonds is 3. The Morgan fingerprint density at radius 3 is 2.38 bits per heavy atom. The zero-order valence-corrected chi connectivity index (χ0v) is 14.8. The average molecular weight is 348 g/mol. The van der Waals surface area contributed by atoms with Crippen molar-refractivity contribution in [1.82, 2.24) is 5.43 Å². The van der Waals surface area contributed by atoms with Crippen molar-refractivity contribution in [3.8, 4) is 5.75 Å². The van der Waals surface area contributed by atoms with E-state index in [1.807, 2.05) is 30.3 Å². The number of hydrazone groups is 1. The van der Waals surface area contributed by atoms with Crippen LogP contribution in [0.15, 0.2) is 41.5 Å². The smallest absolute Gasteiger partial charge is 0.246 e. The maximum absolute atomic E-state index is 12.9. The van der Waals surface area contributed by atoms with Crippen molar-refractivity contribution in [1.29, 1.82) is 0 Å². The van der Waals surface area contributed by atoms with Crippen LogP contribution in [-0.2, 0) is 4.79 Å². The molecule has 1 amide bonds. The molecule has 4 nitrogen and oxygen atoms in total. The molecular weight excluding hydrogens is 324 g/mol. The summed E-state index contributed by atoms with van der Waals surface area (Å²) in [7, 11) is 0. The topological polar surface area (TPSA) is 61.7 Å². The van der Waals surface area contributed by atoms with Gasteiger partial charge in [0.05, 0.1) is 11.6 Å². The third-order valence-corrected chi connectivity index (χ3v) is 6.83. The van der Waals surface area contributed by atoms with E-state index in [0.717, 1.165) is 47.8 Å². The van der Waals surface area contributed by atoms with Gasteiger partial charge >= 0.3 is 0 Å². The van der Waals surface area contributed by atoms with Gasteiger partial charge in [0.15, 0.2) is 0 Å². The summed E-state index contributed by atoms with van der Waals surface area (Å²) in [5.74, 6) is 2.46. The van der Waals surface area contributed by atoms with Gasteiger partial charge in [-0.3, -0.25) is 4.79 Å². The van der Waals surface area contributed by atoms with E-state index < -0.39 is 0 Å². The van der Waals surface area contributed by atoms with Gasteiger partial charge in [0.2, 0.25) is 5.91 Å². The van der Waals surface area contributed by atoms with E-state index in [9.17, 15) is 9.90 Å². The fourth-order valence-electron chi connectivity index (χ4n) is 6.08. The zero-order valence-electron chi connectivity index (χ0n) is 14.8. The Hall–Kier alpha value is -2.36. The Morgan fingerprint density at radius 2 is 1.69 bits per heavy atom. The number of benzene rings is 2. The molecule has 2 aromatic carbocycles. The summed E-state index contributed by atoms with van der Waals surface area (Å²) >= 11 is 0. The predicted octanol–water partition coefficient (Wildman–Crippen LogP) is 4.21. The molecule has 4 bridgehead atoms. The minimum Gasteiger partial charge on any atom is -0.507 e. The maximum Gasteiger partial charge on any atom is 0.246 e. The first-order valence-corrected chi connectivity index (χ1v) is 9.67. The highest BCUT2D eigenvalue weighted by Gasteiger charge is 2.54. The van der Waals surface area contributed by atoms with Crippen molar-refractivity contribution in [3.63, 3.8) is 0 Å². The van der Waals surface area contributed by atoms with Crippen molar-refractivity contribution in [2.24, 2.45) is 28.3 Å². The summed E-state index contributed by atoms with van der Waals surface area (Å²) in [6, 6.07) is 11.4. The van der Waals surface area contributed by atoms with E-state index in [4.69, 9.17) is 0 Å². The first-order valence-electron chi connectivity index (χ1n) is 9.67. The number of amides is 1. The van der Waals surface area contributed by atoms with Gasteiger partial charge in [-0.05, 0) is 73.1 Å². The van der Waals surface area contributed by atoms with Gasteiger partial charge in [-0.15, -0.1) is 0 Å². The third kappa shape index (κ3) is 2.51. The number of hydrogen-bond donors (Lipinski definition) is 2. The van der Waals surface area contributed by atoms with Crippen molar-refractivity contribution >= 4 is 22.9 Å². The number of nitrogens with zero attached hydrogens (tertiary/aromatic N) is 1. The van der Waals surface area contributed by atoms with Crippen LogP contribution in [0.2, 0.25) is 0 Å². The highest BCUT2D eigenvalue weighted by atomic mass is 16.3. The van der Waals surface area contributed by atoms with E-state index in [2.05, 4.69) is 10.5 Å². The standard InChI is InChI=1S/C22H24N2O2/c25-20-6-5-17-3-1-2-4-18(17)19(20)13-23-24-21(26)22-10-14-7-15(11-22)9-16(8-14)12-22/h1-6,13-16,25H,7-12H2,(H,24,26)/b23-13-. The van der Waals surface area contributed by atoms with Crippen LogP contribution in [0, 0.1) is 23.2 Å². The molecule has 0 aromatic heterocycles. The molecule has 6 rings (SSSR count). The number of phenolic OH excluding ortho intramolecular Hbond substituents is 1. The van der Waals surface area contributed by atoms with E-state index in [1.165, 1.54) is 19.3 Å². The SMILES string of the molecule is O=C(N/N=C\c1c(O)ccc2ccccc12)C12CC3CC(CC(C3)C1)C2. The number of carbonyl (C=O) groups is 1. The van der Waals surface area contributed by atoms with Crippen molar-refractivity contribution in [2.45, 2.75) is 38.5 Å². The van der Waals surface area contributed by atoms with Crippen LogP contribution in [0.5, 0.6) is 5.75 Å². The molecule has 26 heavy (non-hydrogen) atoms. The second kappa shape index (κ2) is 5.83. The fourth-order valence-corrected chi connectivity index (χ4v) is 6.08. The Kier molecular flexibility index (Phi) is 3.56. The lowest BCUT2D eigenvalue weighted by molar-refractivity contribution is -0.146. The molecule has 4 aliphatic rings. The quantitative estimate of drug-likeness (QED) is 0.645. The van der Waals surface area contributed by atoms with Crippen LogP contribution >= 0.6 is 0 Å². The van der Waals surface area contributed by atoms with Crippen LogP contribution in [0.25, 0.3) is 10.8 Å². The normalized spacial score (nSPS) is 32.4. The molecular formula is C22H24N2O2. The summed E-state index contributed by atoms with van der Waals surface area (Å²) < 4.78 is 0. The van der Waals surface area contributed by atoms with Gasteiger partial charge in [0, 0.05) is 5.56 Å². The van der Waals surface area contributed by atoms with Crippen molar-refractivity contribution in [2.75, 3.05) is 0 Å². The van der Waals surface area contributed by atoms with Crippen LogP contribution in [0.4, 0.5) is 0 Å². The average Bonchev–Trinajstić information content (AvgIpc) is 2.62. The molecule has 4 heteroatoms. The molecule has 4 fully saturated rings. The maximum atomic E-state index is 12.9. The number of hydrogen-bond acceptors (Lipinski definition) is 3. The lowest BCUT2D eigenvalue weighted by atomic mass is 9.49. The first kappa shape index (κ1) is 15.9. The highest BCUT2D eigenvalue weighted by molar-refractivity contribution is 6.02. The molecule has 0 unspecified atom stereocenters. The largest absolute Gasteiger partial charge is 0.507 e. The summed E-state index contributed by atoms with van der Waals surface area (Å²) in [5, 5.41) is 16.4. The Morgan fingerprint density at radius 1 is 1.04 bits per heavy atom. The number of phenols is 1. The molecule has 0 radical (unpaired) electrons. The number of aromatic hydroxyl groups is 1. The molecule has 2 N–H and O–H groups in total. The summed E-state index contributed by atoms with van der Waals surface area (Å²) in [6.45, 7) is 0. The van der Waals surface area contributed by atoms with Gasteiger partial charge in [-0.1, -0.05) is 30.3 Å². The van der Waals surface area contributed by atoms with E-state index in [0.29, 0.717) is 5.56 Å². The zero-order chi connectivity index (χ0) is 17.7. The van der Waals surface area contributed by atoms with Gasteiger partial charge < -0.3 is 5.11 Å². The second-order valence-electron chi connectivity index (χ2n) is 8.62. The molecule has 4 aliphatic carbocycles. The second-order valence-corrected chi connectivity index (χ2v) is 8.62. The minimum atomic E-state index is -0.201. The van der Waals surface area contributed by atoms with E-state index in [1.54, 1.807) is 12.3 Å². The molecule has 0 saturated heterocycles. The van der Waals surface area contributed by atoms with E-state index in [-0.39, 0.29) is 17.1 Å². The highest BCUT2D eigenvalue weighted by Crippen LogP contribution is 2.60. The molecule has 0 atom stereocenters. The molecule has 0 aliphatic heterocycles. The van der Waals surface area contributed by atoms with Crippen LogP contribution in [0.1, 0.15) is 44.1 Å². The lowest BCUT2D eigenvalue weighted by Crippen LogP contribution is -2.52. The molecule has 0 spiro atoms. The molecule has 134 valence electrons. The monoisotopic (exact) mass is 348 g/mol. The summed E-state index contributed by atoms with van der Waals surface area (Å²) in [6.07, 6.45) is 8.62. The van der Waals surface area contributed by atoms with Crippen LogP contribution in [-0.4, -0.2) is 17.2 Å². The van der Waals surface area contributed by atoms with Gasteiger partial charge in [-0.2, -0.15) is 5.10 Å². The number of fused-ring (bicyclic) bond motifs is 1. The predicted molar refractivity (Wildman–Crippen MR) is 102 cm³/mol. The van der Waals surface area contributed by atoms with Gasteiger partial charge in [0.1, 0.15) is 5.75 Å². The Balaban J connectivity index is 1.37. The number of carbonyl (C=O) groups excluding carboxylic acids is 1. The summed E-state index contributed by atoms with van der Waals surface area (Å²) in [4.78, 5) is 12.9. The number of nitrogens with one attached hydrogen (secondary N) is 1. The first-order chi connectivity index (χ1) is 12.6. The fraction of sp³-hybridized carbons (Fsp3) is 0.455. The Bertz CT molecular complexity index is 867. The van der Waals surface area contributed by atoms with Crippen LogP contribution < -0.4 is 5.43 Å². The minimum absolute atomic E-state index is 0.0765. The van der Waals surface area contributed by atoms with Gasteiger partial charge in [0.25, 0.3) is 0 Å². The van der Waals surface area contributed by atoms with Crippen molar-refractivity contribution < 1.29 is 9.90 Å². The van der Waals surface area contributed by atoms with E-state index >= 15 is 0 Å². The third-order valence-electron chi connectivity index (χ3n) is 6.83. The van der Waals surface area contributed by atoms with Crippen LogP contribution in [0.3, 0.4) is 0 Å².